The molecule has 7 nitrogen and oxygen atoms in total. The van der Waals surface area contributed by atoms with Crippen molar-refractivity contribution in [2.75, 3.05) is 17.6 Å². The maximum atomic E-state index is 11.9. The number of H-pyrrole nitrogens is 1. The van der Waals surface area contributed by atoms with Crippen molar-refractivity contribution in [1.82, 2.24) is 10.2 Å². The number of hydrogen-bond acceptors (Lipinski definition) is 5. The summed E-state index contributed by atoms with van der Waals surface area (Å²) >= 11 is 0. The van der Waals surface area contributed by atoms with E-state index in [2.05, 4.69) is 14.9 Å². The molecule has 0 amide bonds. The first-order chi connectivity index (χ1) is 8.53. The number of aromatic amines is 1. The molecule has 0 aliphatic rings. The SMILES string of the molecule is COc1ccc(N)c(NS(=O)(=O)c2ccn[nH]2)c1. The van der Waals surface area contributed by atoms with Gasteiger partial charge in [0.2, 0.25) is 0 Å². The Hall–Kier alpha value is -2.22. The predicted molar refractivity (Wildman–Crippen MR) is 66.8 cm³/mol. The van der Waals surface area contributed by atoms with Gasteiger partial charge in [-0.15, -0.1) is 0 Å². The molecule has 0 aliphatic carbocycles. The molecule has 2 rings (SSSR count). The van der Waals surface area contributed by atoms with Crippen molar-refractivity contribution < 1.29 is 13.2 Å². The summed E-state index contributed by atoms with van der Waals surface area (Å²) in [6.45, 7) is 0. The number of nitrogens with one attached hydrogen (secondary N) is 2. The van der Waals surface area contributed by atoms with Crippen molar-refractivity contribution in [3.63, 3.8) is 0 Å². The van der Waals surface area contributed by atoms with E-state index < -0.39 is 10.0 Å². The van der Waals surface area contributed by atoms with Gasteiger partial charge in [-0.3, -0.25) is 9.82 Å². The molecule has 0 bridgehead atoms. The molecule has 0 aliphatic heterocycles. The van der Waals surface area contributed by atoms with Crippen LogP contribution in [0.25, 0.3) is 0 Å². The summed E-state index contributed by atoms with van der Waals surface area (Å²) in [6, 6.07) is 6.05. The number of ether oxygens (including phenoxy) is 1. The van der Waals surface area contributed by atoms with Gasteiger partial charge in [0.05, 0.1) is 24.7 Å². The summed E-state index contributed by atoms with van der Waals surface area (Å²) in [6.07, 6.45) is 1.35. The molecule has 0 radical (unpaired) electrons. The van der Waals surface area contributed by atoms with Gasteiger partial charge in [-0.1, -0.05) is 0 Å². The van der Waals surface area contributed by atoms with Crippen LogP contribution in [-0.2, 0) is 10.0 Å². The highest BCUT2D eigenvalue weighted by atomic mass is 32.2. The molecule has 18 heavy (non-hydrogen) atoms. The van der Waals surface area contributed by atoms with E-state index in [4.69, 9.17) is 10.5 Å². The number of aromatic nitrogens is 2. The number of nitrogens with two attached hydrogens (primary N) is 1. The van der Waals surface area contributed by atoms with Crippen molar-refractivity contribution in [3.8, 4) is 5.75 Å². The van der Waals surface area contributed by atoms with Gasteiger partial charge < -0.3 is 10.5 Å². The first-order valence-electron chi connectivity index (χ1n) is 4.98. The minimum atomic E-state index is -3.72. The number of hydrogen-bond donors (Lipinski definition) is 3. The Morgan fingerprint density at radius 3 is 2.78 bits per heavy atom. The molecule has 0 atom stereocenters. The molecule has 4 N–H and O–H groups in total. The van der Waals surface area contributed by atoms with Crippen LogP contribution in [0.15, 0.2) is 35.5 Å². The Morgan fingerprint density at radius 1 is 1.39 bits per heavy atom. The van der Waals surface area contributed by atoms with E-state index in [9.17, 15) is 8.42 Å². The summed E-state index contributed by atoms with van der Waals surface area (Å²) < 4.78 is 31.2. The lowest BCUT2D eigenvalue weighted by Crippen LogP contribution is -2.14. The molecule has 1 aromatic carbocycles. The first kappa shape index (κ1) is 12.2. The molecule has 0 saturated carbocycles. The second-order valence-electron chi connectivity index (χ2n) is 3.48. The van der Waals surface area contributed by atoms with E-state index in [0.29, 0.717) is 11.4 Å². The van der Waals surface area contributed by atoms with Gasteiger partial charge >= 0.3 is 0 Å². The first-order valence-corrected chi connectivity index (χ1v) is 6.47. The third-order valence-corrected chi connectivity index (χ3v) is 3.56. The van der Waals surface area contributed by atoms with Crippen LogP contribution in [0.4, 0.5) is 11.4 Å². The van der Waals surface area contributed by atoms with Crippen LogP contribution < -0.4 is 15.2 Å². The summed E-state index contributed by atoms with van der Waals surface area (Å²) in [5, 5.41) is 5.92. The number of anilines is 2. The van der Waals surface area contributed by atoms with Crippen LogP contribution in [0.5, 0.6) is 5.75 Å². The molecule has 0 unspecified atom stereocenters. The van der Waals surface area contributed by atoms with Gasteiger partial charge in [0.1, 0.15) is 5.75 Å². The van der Waals surface area contributed by atoms with Crippen LogP contribution >= 0.6 is 0 Å². The normalized spacial score (nSPS) is 11.2. The molecule has 1 heterocycles. The number of benzene rings is 1. The Balaban J connectivity index is 2.35. The van der Waals surface area contributed by atoms with E-state index in [-0.39, 0.29) is 10.7 Å². The van der Waals surface area contributed by atoms with E-state index in [1.54, 1.807) is 12.1 Å². The molecular formula is C10H12N4O3S. The lowest BCUT2D eigenvalue weighted by Gasteiger charge is -2.10. The highest BCUT2D eigenvalue weighted by Crippen LogP contribution is 2.26. The number of sulfonamides is 1. The quantitative estimate of drug-likeness (QED) is 0.710. The molecule has 96 valence electrons. The third-order valence-electron chi connectivity index (χ3n) is 2.27. The minimum Gasteiger partial charge on any atom is -0.497 e. The van der Waals surface area contributed by atoms with Crippen LogP contribution in [-0.4, -0.2) is 25.7 Å². The molecule has 0 saturated heterocycles. The zero-order chi connectivity index (χ0) is 13.2. The van der Waals surface area contributed by atoms with Crippen LogP contribution in [0.1, 0.15) is 0 Å². The average molecular weight is 268 g/mol. The molecule has 0 fully saturated rings. The average Bonchev–Trinajstić information content (AvgIpc) is 2.86. The summed E-state index contributed by atoms with van der Waals surface area (Å²) in [7, 11) is -2.24. The maximum absolute atomic E-state index is 11.9. The Bertz CT molecular complexity index is 637. The van der Waals surface area contributed by atoms with Gasteiger partial charge in [-0.2, -0.15) is 13.5 Å². The summed E-state index contributed by atoms with van der Waals surface area (Å²) in [5.41, 5.74) is 6.25. The van der Waals surface area contributed by atoms with Gasteiger partial charge in [0.15, 0.2) is 5.03 Å². The fraction of sp³-hybridized carbons (Fsp3) is 0.100. The number of nitrogens with zero attached hydrogens (tertiary/aromatic N) is 1. The Labute approximate surface area is 104 Å². The molecule has 2 aromatic rings. The van der Waals surface area contributed by atoms with Crippen LogP contribution in [0.2, 0.25) is 0 Å². The van der Waals surface area contributed by atoms with Crippen LogP contribution in [0.3, 0.4) is 0 Å². The largest absolute Gasteiger partial charge is 0.497 e. The van der Waals surface area contributed by atoms with Crippen molar-refractivity contribution in [2.45, 2.75) is 5.03 Å². The topological polar surface area (TPSA) is 110 Å². The molecule has 8 heteroatoms. The van der Waals surface area contributed by atoms with Gasteiger partial charge in [0.25, 0.3) is 10.0 Å². The van der Waals surface area contributed by atoms with Crippen LogP contribution in [0, 0.1) is 0 Å². The lowest BCUT2D eigenvalue weighted by molar-refractivity contribution is 0.415. The van der Waals surface area contributed by atoms with E-state index in [1.807, 2.05) is 0 Å². The van der Waals surface area contributed by atoms with Crippen molar-refractivity contribution in [2.24, 2.45) is 0 Å². The Morgan fingerprint density at radius 2 is 2.17 bits per heavy atom. The van der Waals surface area contributed by atoms with Gasteiger partial charge in [0, 0.05) is 6.07 Å². The van der Waals surface area contributed by atoms with E-state index in [1.165, 1.54) is 25.4 Å². The highest BCUT2D eigenvalue weighted by molar-refractivity contribution is 7.92. The van der Waals surface area contributed by atoms with E-state index in [0.717, 1.165) is 0 Å². The smallest absolute Gasteiger partial charge is 0.278 e. The van der Waals surface area contributed by atoms with Crippen molar-refractivity contribution in [1.29, 1.82) is 0 Å². The number of rotatable bonds is 4. The fourth-order valence-electron chi connectivity index (χ4n) is 1.34. The van der Waals surface area contributed by atoms with E-state index >= 15 is 0 Å². The minimum absolute atomic E-state index is 0.0373. The second-order valence-corrected chi connectivity index (χ2v) is 5.13. The van der Waals surface area contributed by atoms with Crippen molar-refractivity contribution in [3.05, 3.63) is 30.5 Å². The third kappa shape index (κ3) is 2.38. The number of nitrogen functional groups attached to an aromatic ring is 1. The predicted octanol–water partition coefficient (Wildman–Crippen LogP) is 0.801. The number of methoxy groups -OCH3 is 1. The van der Waals surface area contributed by atoms with Gasteiger partial charge in [-0.05, 0) is 18.2 Å². The zero-order valence-electron chi connectivity index (χ0n) is 9.54. The standard InChI is InChI=1S/C10H12N4O3S/c1-17-7-2-3-8(11)9(6-7)14-18(15,16)10-4-5-12-13-10/h2-6,14H,11H2,1H3,(H,12,13). The Kier molecular flexibility index (Phi) is 3.11. The second kappa shape index (κ2) is 4.57. The van der Waals surface area contributed by atoms with Gasteiger partial charge in [-0.25, -0.2) is 0 Å². The zero-order valence-corrected chi connectivity index (χ0v) is 10.4. The lowest BCUT2D eigenvalue weighted by atomic mass is 10.2. The summed E-state index contributed by atoms with van der Waals surface area (Å²) in [4.78, 5) is 0. The molecule has 1 aromatic heterocycles. The summed E-state index contributed by atoms with van der Waals surface area (Å²) in [5.74, 6) is 0.506. The van der Waals surface area contributed by atoms with Crippen molar-refractivity contribution >= 4 is 21.4 Å². The molecular weight excluding hydrogens is 256 g/mol. The molecule has 0 spiro atoms. The monoisotopic (exact) mass is 268 g/mol. The maximum Gasteiger partial charge on any atom is 0.278 e. The highest BCUT2D eigenvalue weighted by Gasteiger charge is 2.17. The fourth-order valence-corrected chi connectivity index (χ4v) is 2.33.